The Bertz CT molecular complexity index is 4730. The van der Waals surface area contributed by atoms with E-state index >= 15 is 0 Å². The Morgan fingerprint density at radius 1 is 0.398 bits per heavy atom. The van der Waals surface area contributed by atoms with Crippen molar-refractivity contribution in [1.29, 1.82) is 0 Å². The second-order valence-electron chi connectivity index (χ2n) is 23.6. The largest absolute Gasteiger partial charge is 1.00 e. The average Bonchev–Trinajstić information content (AvgIpc) is 0.813. The predicted octanol–water partition coefficient (Wildman–Crippen LogP) is 17.0. The van der Waals surface area contributed by atoms with Gasteiger partial charge in [0.05, 0.1) is 100 Å². The quantitative estimate of drug-likeness (QED) is 0.0105. The van der Waals surface area contributed by atoms with Crippen molar-refractivity contribution in [3.63, 3.8) is 0 Å². The number of nitrogens with zero attached hydrogens (tertiary/aromatic N) is 2. The number of carbonyl (C=O) groups excluding carboxylic acids is 4. The number of aromatic carboxylic acids is 2. The fourth-order valence-corrected chi connectivity index (χ4v) is 10.2. The number of anilines is 1. The molecule has 0 bridgehead atoms. The number of halogens is 16. The number of benzene rings is 8. The predicted molar refractivity (Wildman–Crippen MR) is 395 cm³/mol. The molecule has 0 saturated carbocycles. The number of hydrogen-bond acceptors (Lipinski definition) is 19. The van der Waals surface area contributed by atoms with E-state index in [0.29, 0.717) is 39.9 Å². The van der Waals surface area contributed by atoms with Crippen molar-refractivity contribution in [2.45, 2.75) is 113 Å². The monoisotopic (exact) mass is 1700 g/mol. The number of nitro benzene ring substituents is 2. The fraction of sp³-hybridized carbons (Fsp3) is 0.308. The molecule has 8 rings (SSSR count). The third kappa shape index (κ3) is 32.9. The van der Waals surface area contributed by atoms with Crippen LogP contribution in [0.5, 0.6) is 23.0 Å². The van der Waals surface area contributed by atoms with Gasteiger partial charge < -0.3 is 55.0 Å². The molecule has 0 aliphatic rings. The number of nitro groups is 2. The molecule has 40 heteroatoms. The summed E-state index contributed by atoms with van der Waals surface area (Å²) < 4.78 is 222. The first-order chi connectivity index (χ1) is 53.7. The van der Waals surface area contributed by atoms with Crippen LogP contribution in [0.1, 0.15) is 164 Å². The molecule has 8 aromatic rings. The molecule has 0 fully saturated rings. The third-order valence-corrected chi connectivity index (χ3v) is 15.4. The molecule has 0 radical (unpaired) electrons. The van der Waals surface area contributed by atoms with E-state index in [9.17, 15) is 115 Å². The summed E-state index contributed by atoms with van der Waals surface area (Å²) in [7, 11) is 2.52. The first kappa shape index (κ1) is 107. The van der Waals surface area contributed by atoms with Gasteiger partial charge >= 0.3 is 73.6 Å². The van der Waals surface area contributed by atoms with Crippen molar-refractivity contribution in [2.24, 2.45) is 0 Å². The molecule has 23 nitrogen and oxygen atoms in total. The molecule has 638 valence electrons. The van der Waals surface area contributed by atoms with Gasteiger partial charge in [-0.2, -0.15) is 65.9 Å². The Morgan fingerprint density at radius 3 is 0.898 bits per heavy atom. The molecular formula is C78H78ClF15LiN3O20. The number of hydrogen-bond donors (Lipinski definition) is 4. The van der Waals surface area contributed by atoms with Gasteiger partial charge in [-0.1, -0.05) is 48.0 Å². The second kappa shape index (κ2) is 47.7. The maximum absolute atomic E-state index is 13.3. The van der Waals surface area contributed by atoms with E-state index in [1.54, 1.807) is 34.6 Å². The maximum atomic E-state index is 13.3. The number of alkyl halides is 15. The summed E-state index contributed by atoms with van der Waals surface area (Å²) in [5, 5.41) is 45.3. The molecule has 0 spiro atoms. The van der Waals surface area contributed by atoms with Crippen molar-refractivity contribution >= 4 is 64.1 Å². The third-order valence-electron chi connectivity index (χ3n) is 14.9. The number of carboxylic acids is 2. The maximum Gasteiger partial charge on any atom is 1.00 e. The van der Waals surface area contributed by atoms with E-state index < -0.39 is 115 Å². The number of Topliss-reactive ketones (excluding diaryl/α,β-unsaturated/α-hetero) is 2. The SMILES string of the molecule is CCO.CCOc1c(C)cc(CC(=O)c2ccc(C(=O)O)cc2)cc1C(F)(F)F.CCOc1c(C)cc(CC(=O)c2ccc(C(=O)OC)cc2)cc1C(F)(F)F.CCOc1c(C)cc(N)cc1C(F)(F)F.CCOc1c(C)cc([N+](=O)[O-])cc1C(F)(F)F.COC(=O)c1ccc(C(=O)O)cc1.Cc1cc([N+](=O)[O-])cc(C(F)(F)F)c1Cl.[Li+].[OH-]. The van der Waals surface area contributed by atoms with Crippen LogP contribution in [0.3, 0.4) is 0 Å². The Hall–Kier alpha value is -11.5. The minimum atomic E-state index is -4.69. The number of carboxylic acid groups (broad SMARTS) is 2. The number of ketones is 2. The van der Waals surface area contributed by atoms with E-state index in [-0.39, 0.29) is 149 Å². The Morgan fingerprint density at radius 2 is 0.636 bits per heavy atom. The molecule has 0 unspecified atom stereocenters. The molecule has 0 atom stereocenters. The summed E-state index contributed by atoms with van der Waals surface area (Å²) in [6.45, 7) is 15.9. The van der Waals surface area contributed by atoms with Gasteiger partial charge in [0.1, 0.15) is 28.6 Å². The zero-order chi connectivity index (χ0) is 88.9. The Balaban J connectivity index is 0.00000141. The van der Waals surface area contributed by atoms with Crippen LogP contribution in [0.2, 0.25) is 5.02 Å². The Labute approximate surface area is 681 Å². The van der Waals surface area contributed by atoms with Crippen LogP contribution in [0.4, 0.5) is 82.9 Å². The molecule has 0 aliphatic carbocycles. The summed E-state index contributed by atoms with van der Waals surface area (Å²) in [4.78, 5) is 87.4. The number of aliphatic hydroxyl groups is 1. The number of nitrogen functional groups attached to an aromatic ring is 1. The summed E-state index contributed by atoms with van der Waals surface area (Å²) in [6.07, 6.45) is -23.4. The van der Waals surface area contributed by atoms with Crippen molar-refractivity contribution in [1.82, 2.24) is 0 Å². The van der Waals surface area contributed by atoms with Crippen molar-refractivity contribution in [3.05, 3.63) is 259 Å². The number of carbonyl (C=O) groups is 6. The van der Waals surface area contributed by atoms with E-state index in [0.717, 1.165) is 30.3 Å². The van der Waals surface area contributed by atoms with E-state index in [1.165, 1.54) is 140 Å². The van der Waals surface area contributed by atoms with Gasteiger partial charge in [-0.05, 0) is 181 Å². The summed E-state index contributed by atoms with van der Waals surface area (Å²) in [5.41, 5.74) is 2.20. The topological polar surface area (TPSA) is 361 Å². The van der Waals surface area contributed by atoms with Crippen molar-refractivity contribution < 1.29 is 173 Å². The summed E-state index contributed by atoms with van der Waals surface area (Å²) in [5.74, 6) is -4.86. The normalized spacial score (nSPS) is 10.8. The zero-order valence-corrected chi connectivity index (χ0v) is 65.7. The van der Waals surface area contributed by atoms with Crippen LogP contribution >= 0.6 is 11.6 Å². The number of methoxy groups -OCH3 is 2. The van der Waals surface area contributed by atoms with Crippen LogP contribution in [0.25, 0.3) is 0 Å². The van der Waals surface area contributed by atoms with Crippen LogP contribution < -0.4 is 43.5 Å². The molecule has 0 heterocycles. The number of rotatable bonds is 20. The van der Waals surface area contributed by atoms with Gasteiger partial charge in [0, 0.05) is 60.5 Å². The minimum absolute atomic E-state index is 0. The fourth-order valence-electron chi connectivity index (χ4n) is 9.96. The van der Waals surface area contributed by atoms with Crippen LogP contribution in [-0.4, -0.2) is 113 Å². The van der Waals surface area contributed by atoms with E-state index in [2.05, 4.69) is 9.47 Å². The number of esters is 2. The average molecular weight is 1700 g/mol. The first-order valence-corrected chi connectivity index (χ1v) is 34.0. The number of nitrogens with two attached hydrogens (primary N) is 1. The molecule has 0 saturated heterocycles. The van der Waals surface area contributed by atoms with Gasteiger partial charge in [-0.25, -0.2) is 19.2 Å². The van der Waals surface area contributed by atoms with Crippen LogP contribution in [-0.2, 0) is 53.2 Å². The van der Waals surface area contributed by atoms with Gasteiger partial charge in [0.2, 0.25) is 0 Å². The standard InChI is InChI=1S/C20H19F3O4.C19H17F3O4.C10H10F3NO3.C10H12F3NO.C9H8O4.C8H5ClF3NO2.C2H6O.Li.H2O/c1-4-27-18-12(2)9-13(10-16(18)20(21,22)23)11-17(24)14-5-7-15(8-6-14)19(25)26-3;1-3-26-17-11(2)8-12(9-15(17)19(20,21)22)10-16(23)13-4-6-14(7-5-13)18(24)25;1-3-17-9-6(2)4-7(14(15)16)5-8(9)10(11,12)13;1-3-15-9-6(2)4-7(14)5-8(9)10(11,12)13;1-13-9(12)7-4-2-6(3-5-7)8(10)11;1-4-2-5(13(14)15)3-6(7(4)9)8(10,11)12;1-2-3;;/h5-10H,4,11H2,1-3H3;4-9H,3,10H2,1-2H3,(H,24,25);4-5H,3H2,1-2H3;4-5H,3,14H2,1-2H3;2-5H,1H3,(H,10,11);2-3H,1H3;3H,2H2,1H3;;1H2/q;;;;;;;+1;/p-1. The molecule has 6 N–H and O–H groups in total. The number of ether oxygens (including phenoxy) is 6. The molecule has 0 aromatic heterocycles. The van der Waals surface area contributed by atoms with Crippen molar-refractivity contribution in [3.8, 4) is 23.0 Å². The number of non-ortho nitro benzene ring substituents is 2. The van der Waals surface area contributed by atoms with Crippen LogP contribution in [0, 0.1) is 54.8 Å². The van der Waals surface area contributed by atoms with Gasteiger partial charge in [0.25, 0.3) is 11.4 Å². The molecule has 118 heavy (non-hydrogen) atoms. The minimum Gasteiger partial charge on any atom is -0.870 e. The summed E-state index contributed by atoms with van der Waals surface area (Å²) in [6, 6.07) is 26.7. The van der Waals surface area contributed by atoms with Gasteiger partial charge in [0.15, 0.2) is 11.6 Å². The van der Waals surface area contributed by atoms with Gasteiger partial charge in [-0.3, -0.25) is 29.8 Å². The van der Waals surface area contributed by atoms with Gasteiger partial charge in [-0.15, -0.1) is 0 Å². The molecule has 0 aliphatic heterocycles. The molecule has 0 amide bonds. The van der Waals surface area contributed by atoms with E-state index in [1.807, 2.05) is 0 Å². The summed E-state index contributed by atoms with van der Waals surface area (Å²) >= 11 is 5.41. The smallest absolute Gasteiger partial charge is 0.870 e. The Kier molecular flexibility index (Phi) is 43.0. The second-order valence-corrected chi connectivity index (χ2v) is 24.0. The number of aryl methyl sites for hydroxylation is 5. The first-order valence-electron chi connectivity index (χ1n) is 33.6. The van der Waals surface area contributed by atoms with E-state index in [4.69, 9.17) is 51.6 Å². The van der Waals surface area contributed by atoms with Crippen molar-refractivity contribution in [2.75, 3.05) is 53.0 Å². The van der Waals surface area contributed by atoms with Crippen LogP contribution in [0.15, 0.2) is 133 Å². The molecular weight excluding hydrogens is 1630 g/mol. The number of aliphatic hydroxyl groups excluding tert-OH is 1. The zero-order valence-electron chi connectivity index (χ0n) is 65.0. The molecule has 8 aromatic carbocycles.